The SMILES string of the molecule is Cc1cc(S(=O)(=O)N(C)C[C@H](O)CNC(C)(C)CC2Cc3ccccc3C2)ccc1-c1cccc(C(=O)O)c1. The number of aromatic carboxylic acids is 1. The molecule has 0 heterocycles. The first kappa shape index (κ1) is 29.0. The number of aliphatic hydroxyl groups excluding tert-OH is 1. The van der Waals surface area contributed by atoms with E-state index in [9.17, 15) is 23.4 Å². The van der Waals surface area contributed by atoms with Crippen molar-refractivity contribution < 1.29 is 23.4 Å². The molecule has 0 saturated carbocycles. The van der Waals surface area contributed by atoms with Crippen LogP contribution in [0.2, 0.25) is 0 Å². The molecular formula is C31H38N2O5S. The zero-order valence-corrected chi connectivity index (χ0v) is 23.8. The molecule has 208 valence electrons. The second-order valence-corrected chi connectivity index (χ2v) is 13.4. The van der Waals surface area contributed by atoms with E-state index in [-0.39, 0.29) is 29.1 Å². The molecule has 4 rings (SSSR count). The van der Waals surface area contributed by atoms with Crippen molar-refractivity contribution in [3.8, 4) is 11.1 Å². The summed E-state index contributed by atoms with van der Waals surface area (Å²) in [6.07, 6.45) is 2.22. The highest BCUT2D eigenvalue weighted by atomic mass is 32.2. The number of benzene rings is 3. The number of carboxylic acids is 1. The van der Waals surface area contributed by atoms with E-state index in [1.165, 1.54) is 34.6 Å². The first-order valence-corrected chi connectivity index (χ1v) is 14.7. The van der Waals surface area contributed by atoms with Gasteiger partial charge in [0.05, 0.1) is 16.6 Å². The number of nitrogens with one attached hydrogen (secondary N) is 1. The summed E-state index contributed by atoms with van der Waals surface area (Å²) in [4.78, 5) is 11.5. The van der Waals surface area contributed by atoms with Gasteiger partial charge in [-0.05, 0) is 98.0 Å². The summed E-state index contributed by atoms with van der Waals surface area (Å²) in [5.41, 5.74) is 4.99. The summed E-state index contributed by atoms with van der Waals surface area (Å²) in [5, 5.41) is 23.4. The quantitative estimate of drug-likeness (QED) is 0.324. The lowest BCUT2D eigenvalue weighted by Crippen LogP contribution is -2.47. The van der Waals surface area contributed by atoms with Crippen LogP contribution in [0.1, 0.15) is 47.3 Å². The Kier molecular flexibility index (Phi) is 8.61. The van der Waals surface area contributed by atoms with Crippen LogP contribution in [0.15, 0.2) is 71.6 Å². The number of aliphatic hydroxyl groups is 1. The zero-order valence-electron chi connectivity index (χ0n) is 23.0. The van der Waals surface area contributed by atoms with Crippen LogP contribution in [0.3, 0.4) is 0 Å². The third-order valence-corrected chi connectivity index (χ3v) is 9.36. The van der Waals surface area contributed by atoms with Crippen LogP contribution in [-0.2, 0) is 22.9 Å². The predicted molar refractivity (Wildman–Crippen MR) is 153 cm³/mol. The molecule has 0 spiro atoms. The van der Waals surface area contributed by atoms with E-state index in [4.69, 9.17) is 0 Å². The number of nitrogens with zero attached hydrogens (tertiary/aromatic N) is 1. The third-order valence-electron chi connectivity index (χ3n) is 7.55. The van der Waals surface area contributed by atoms with Gasteiger partial charge in [0, 0.05) is 25.7 Å². The molecule has 1 aliphatic rings. The normalized spacial score (nSPS) is 14.9. The van der Waals surface area contributed by atoms with Crippen molar-refractivity contribution >= 4 is 16.0 Å². The molecule has 0 unspecified atom stereocenters. The smallest absolute Gasteiger partial charge is 0.335 e. The van der Waals surface area contributed by atoms with Crippen molar-refractivity contribution in [1.29, 1.82) is 0 Å². The molecule has 1 atom stereocenters. The van der Waals surface area contributed by atoms with Gasteiger partial charge in [0.15, 0.2) is 0 Å². The number of carboxylic acid groups (broad SMARTS) is 1. The lowest BCUT2D eigenvalue weighted by atomic mass is 9.88. The largest absolute Gasteiger partial charge is 0.478 e. The van der Waals surface area contributed by atoms with Crippen LogP contribution >= 0.6 is 0 Å². The van der Waals surface area contributed by atoms with E-state index in [2.05, 4.69) is 43.4 Å². The Morgan fingerprint density at radius 1 is 1.05 bits per heavy atom. The van der Waals surface area contributed by atoms with Gasteiger partial charge >= 0.3 is 5.97 Å². The van der Waals surface area contributed by atoms with Gasteiger partial charge in [0.1, 0.15) is 0 Å². The lowest BCUT2D eigenvalue weighted by Gasteiger charge is -2.31. The lowest BCUT2D eigenvalue weighted by molar-refractivity contribution is 0.0697. The average molecular weight is 551 g/mol. The molecule has 0 saturated heterocycles. The Balaban J connectivity index is 1.35. The molecule has 0 aliphatic heterocycles. The van der Waals surface area contributed by atoms with E-state index >= 15 is 0 Å². The molecule has 1 aliphatic carbocycles. The average Bonchev–Trinajstić information content (AvgIpc) is 3.29. The van der Waals surface area contributed by atoms with Gasteiger partial charge in [0.2, 0.25) is 10.0 Å². The summed E-state index contributed by atoms with van der Waals surface area (Å²) in [5.74, 6) is -0.473. The second-order valence-electron chi connectivity index (χ2n) is 11.3. The van der Waals surface area contributed by atoms with Crippen molar-refractivity contribution in [2.75, 3.05) is 20.1 Å². The van der Waals surface area contributed by atoms with Crippen molar-refractivity contribution in [1.82, 2.24) is 9.62 Å². The Labute approximate surface area is 231 Å². The first-order chi connectivity index (χ1) is 18.4. The Morgan fingerprint density at radius 2 is 1.72 bits per heavy atom. The van der Waals surface area contributed by atoms with E-state index in [1.54, 1.807) is 37.3 Å². The van der Waals surface area contributed by atoms with Crippen molar-refractivity contribution in [2.45, 2.75) is 56.6 Å². The van der Waals surface area contributed by atoms with Crippen LogP contribution < -0.4 is 5.32 Å². The van der Waals surface area contributed by atoms with E-state index in [0.29, 0.717) is 17.0 Å². The Hall–Kier alpha value is -3.04. The maximum Gasteiger partial charge on any atom is 0.335 e. The van der Waals surface area contributed by atoms with Crippen LogP contribution in [0.5, 0.6) is 0 Å². The monoisotopic (exact) mass is 550 g/mol. The molecule has 3 aromatic carbocycles. The molecule has 0 radical (unpaired) electrons. The molecule has 7 nitrogen and oxygen atoms in total. The number of aryl methyl sites for hydroxylation is 1. The van der Waals surface area contributed by atoms with Gasteiger partial charge in [-0.2, -0.15) is 4.31 Å². The third kappa shape index (κ3) is 6.94. The molecule has 8 heteroatoms. The van der Waals surface area contributed by atoms with Gasteiger partial charge in [-0.15, -0.1) is 0 Å². The highest BCUT2D eigenvalue weighted by Gasteiger charge is 2.29. The number of rotatable bonds is 11. The number of β-amino-alcohol motifs (C(OH)–C–C–N with tert-alkyl or cyclic N) is 1. The maximum absolute atomic E-state index is 13.3. The van der Waals surface area contributed by atoms with Gasteiger partial charge < -0.3 is 15.5 Å². The number of fused-ring (bicyclic) bond motifs is 1. The van der Waals surface area contributed by atoms with Crippen molar-refractivity contribution in [3.05, 3.63) is 89.0 Å². The van der Waals surface area contributed by atoms with E-state index in [0.717, 1.165) is 24.8 Å². The zero-order chi connectivity index (χ0) is 28.4. The fourth-order valence-electron chi connectivity index (χ4n) is 5.56. The fourth-order valence-corrected chi connectivity index (χ4v) is 6.86. The predicted octanol–water partition coefficient (Wildman–Crippen LogP) is 4.51. The minimum absolute atomic E-state index is 0.0399. The standard InChI is InChI=1S/C31H38N2O5S/c1-21-14-28(12-13-29(21)25-10-7-11-26(17-25)30(35)36)39(37,38)33(4)20-27(34)19-32-31(2,3)18-22-15-23-8-5-6-9-24(23)16-22/h5-14,17,22,27,32,34H,15-16,18-20H2,1-4H3,(H,35,36)/t27-/m1/s1. The molecule has 3 aromatic rings. The Bertz CT molecular complexity index is 1430. The molecule has 39 heavy (non-hydrogen) atoms. The van der Waals surface area contributed by atoms with E-state index in [1.807, 2.05) is 0 Å². The van der Waals surface area contributed by atoms with Crippen LogP contribution in [0.4, 0.5) is 0 Å². The molecular weight excluding hydrogens is 512 g/mol. The van der Waals surface area contributed by atoms with Crippen LogP contribution in [-0.4, -0.2) is 60.7 Å². The summed E-state index contributed by atoms with van der Waals surface area (Å²) >= 11 is 0. The van der Waals surface area contributed by atoms with Crippen molar-refractivity contribution in [3.63, 3.8) is 0 Å². The molecule has 0 fully saturated rings. The van der Waals surface area contributed by atoms with Gasteiger partial charge in [-0.1, -0.05) is 42.5 Å². The van der Waals surface area contributed by atoms with Crippen LogP contribution in [0.25, 0.3) is 11.1 Å². The maximum atomic E-state index is 13.3. The topological polar surface area (TPSA) is 107 Å². The number of likely N-dealkylation sites (N-methyl/N-ethyl adjacent to an activating group) is 1. The summed E-state index contributed by atoms with van der Waals surface area (Å²) in [6.45, 7) is 6.29. The fraction of sp³-hybridized carbons (Fsp3) is 0.387. The summed E-state index contributed by atoms with van der Waals surface area (Å²) in [6, 6.07) is 19.9. The van der Waals surface area contributed by atoms with E-state index < -0.39 is 22.1 Å². The van der Waals surface area contributed by atoms with Gasteiger partial charge in [0.25, 0.3) is 0 Å². The number of hydrogen-bond acceptors (Lipinski definition) is 5. The molecule has 0 aromatic heterocycles. The minimum Gasteiger partial charge on any atom is -0.478 e. The highest BCUT2D eigenvalue weighted by Crippen LogP contribution is 2.32. The number of carbonyl (C=O) groups is 1. The second kappa shape index (κ2) is 11.6. The number of hydrogen-bond donors (Lipinski definition) is 3. The van der Waals surface area contributed by atoms with Gasteiger partial charge in [-0.25, -0.2) is 13.2 Å². The summed E-state index contributed by atoms with van der Waals surface area (Å²) < 4.78 is 27.7. The molecule has 0 amide bonds. The van der Waals surface area contributed by atoms with Crippen molar-refractivity contribution in [2.24, 2.45) is 5.92 Å². The molecule has 0 bridgehead atoms. The first-order valence-electron chi connectivity index (χ1n) is 13.3. The van der Waals surface area contributed by atoms with Crippen LogP contribution in [0, 0.1) is 12.8 Å². The minimum atomic E-state index is -3.83. The summed E-state index contributed by atoms with van der Waals surface area (Å²) in [7, 11) is -2.36. The highest BCUT2D eigenvalue weighted by molar-refractivity contribution is 7.89. The number of sulfonamides is 1. The Morgan fingerprint density at radius 3 is 2.33 bits per heavy atom. The van der Waals surface area contributed by atoms with Gasteiger partial charge in [-0.3, -0.25) is 0 Å². The molecule has 3 N–H and O–H groups in total.